The van der Waals surface area contributed by atoms with Crippen LogP contribution in [0.1, 0.15) is 18.5 Å². The third-order valence-corrected chi connectivity index (χ3v) is 5.32. The summed E-state index contributed by atoms with van der Waals surface area (Å²) in [5, 5.41) is 3.36. The van der Waals surface area contributed by atoms with Gasteiger partial charge in [-0.1, -0.05) is 30.3 Å². The van der Waals surface area contributed by atoms with Crippen LogP contribution < -0.4 is 5.32 Å². The Hall–Kier alpha value is -4.39. The predicted octanol–water partition coefficient (Wildman–Crippen LogP) is 5.70. The Morgan fingerprint density at radius 2 is 1.58 bits per heavy atom. The zero-order chi connectivity index (χ0) is 22.6. The lowest BCUT2D eigenvalue weighted by Gasteiger charge is -2.15. The SMILES string of the molecule is C[C@H](Nc1nccc(-n2cc(-c3ccncc3)nc2-c2ccc(F)cc2)n1)c1ccccc1. The van der Waals surface area contributed by atoms with Crippen molar-refractivity contribution in [3.63, 3.8) is 0 Å². The highest BCUT2D eigenvalue weighted by Gasteiger charge is 2.15. The van der Waals surface area contributed by atoms with Gasteiger partial charge >= 0.3 is 0 Å². The Morgan fingerprint density at radius 3 is 2.33 bits per heavy atom. The molecule has 0 amide bonds. The number of imidazole rings is 1. The second-order valence-corrected chi connectivity index (χ2v) is 7.58. The van der Waals surface area contributed by atoms with Gasteiger partial charge in [-0.2, -0.15) is 4.98 Å². The predicted molar refractivity (Wildman–Crippen MR) is 126 cm³/mol. The van der Waals surface area contributed by atoms with Crippen molar-refractivity contribution in [2.24, 2.45) is 0 Å². The zero-order valence-corrected chi connectivity index (χ0v) is 17.9. The quantitative estimate of drug-likeness (QED) is 0.370. The molecule has 0 aliphatic rings. The molecule has 0 saturated heterocycles. The van der Waals surface area contributed by atoms with Gasteiger partial charge in [-0.05, 0) is 55.0 Å². The highest BCUT2D eigenvalue weighted by atomic mass is 19.1. The van der Waals surface area contributed by atoms with E-state index in [9.17, 15) is 4.39 Å². The van der Waals surface area contributed by atoms with Crippen LogP contribution in [0.15, 0.2) is 97.6 Å². The van der Waals surface area contributed by atoms with E-state index in [-0.39, 0.29) is 11.9 Å². The van der Waals surface area contributed by atoms with Crippen molar-refractivity contribution in [3.05, 3.63) is 109 Å². The molecule has 1 N–H and O–H groups in total. The van der Waals surface area contributed by atoms with E-state index in [1.54, 1.807) is 30.7 Å². The molecule has 0 aliphatic carbocycles. The Bertz CT molecular complexity index is 1350. The summed E-state index contributed by atoms with van der Waals surface area (Å²) in [6, 6.07) is 22.1. The van der Waals surface area contributed by atoms with Crippen molar-refractivity contribution in [1.29, 1.82) is 0 Å². The molecule has 1 atom stereocenters. The number of anilines is 1. The van der Waals surface area contributed by atoms with Crippen molar-refractivity contribution < 1.29 is 4.39 Å². The van der Waals surface area contributed by atoms with Gasteiger partial charge in [0, 0.05) is 35.9 Å². The molecule has 0 radical (unpaired) electrons. The Balaban J connectivity index is 1.55. The first kappa shape index (κ1) is 20.5. The Kier molecular flexibility index (Phi) is 5.59. The second-order valence-electron chi connectivity index (χ2n) is 7.58. The zero-order valence-electron chi connectivity index (χ0n) is 17.9. The van der Waals surface area contributed by atoms with Crippen LogP contribution in [0.5, 0.6) is 0 Å². The van der Waals surface area contributed by atoms with Crippen LogP contribution in [-0.4, -0.2) is 24.5 Å². The molecule has 0 spiro atoms. The molecule has 0 unspecified atom stereocenters. The summed E-state index contributed by atoms with van der Waals surface area (Å²) in [4.78, 5) is 18.0. The lowest BCUT2D eigenvalue weighted by Crippen LogP contribution is -2.10. The number of nitrogens with zero attached hydrogens (tertiary/aromatic N) is 5. The van der Waals surface area contributed by atoms with Gasteiger partial charge in [0.2, 0.25) is 5.95 Å². The van der Waals surface area contributed by atoms with Gasteiger partial charge in [0.05, 0.1) is 11.7 Å². The number of nitrogens with one attached hydrogen (secondary N) is 1. The normalized spacial score (nSPS) is 11.8. The van der Waals surface area contributed by atoms with Crippen LogP contribution in [0.4, 0.5) is 10.3 Å². The third-order valence-electron chi connectivity index (χ3n) is 5.32. The number of halogens is 1. The summed E-state index contributed by atoms with van der Waals surface area (Å²) < 4.78 is 15.4. The number of pyridine rings is 1. The monoisotopic (exact) mass is 436 g/mol. The minimum Gasteiger partial charge on any atom is -0.348 e. The van der Waals surface area contributed by atoms with Crippen molar-refractivity contribution in [3.8, 4) is 28.5 Å². The minimum absolute atomic E-state index is 0.0354. The molecule has 5 rings (SSSR count). The molecule has 0 aliphatic heterocycles. The maximum Gasteiger partial charge on any atom is 0.225 e. The largest absolute Gasteiger partial charge is 0.348 e. The first-order chi connectivity index (χ1) is 16.2. The molecule has 0 fully saturated rings. The maximum atomic E-state index is 13.5. The van der Waals surface area contributed by atoms with Gasteiger partial charge in [-0.25, -0.2) is 14.4 Å². The van der Waals surface area contributed by atoms with Crippen LogP contribution in [0.2, 0.25) is 0 Å². The number of aromatic nitrogens is 5. The Morgan fingerprint density at radius 1 is 0.818 bits per heavy atom. The highest BCUT2D eigenvalue weighted by molar-refractivity contribution is 5.66. The molecular formula is C26H21FN6. The van der Waals surface area contributed by atoms with Gasteiger partial charge in [-0.3, -0.25) is 9.55 Å². The molecule has 0 bridgehead atoms. The average molecular weight is 436 g/mol. The molecule has 2 aromatic carbocycles. The summed E-state index contributed by atoms with van der Waals surface area (Å²) in [6.07, 6.45) is 7.08. The van der Waals surface area contributed by atoms with E-state index >= 15 is 0 Å². The van der Waals surface area contributed by atoms with Crippen molar-refractivity contribution in [1.82, 2.24) is 24.5 Å². The molecule has 7 heteroatoms. The van der Waals surface area contributed by atoms with Gasteiger partial charge in [0.1, 0.15) is 17.5 Å². The second kappa shape index (κ2) is 9.00. The van der Waals surface area contributed by atoms with E-state index in [1.165, 1.54) is 12.1 Å². The molecular weight excluding hydrogens is 415 g/mol. The van der Waals surface area contributed by atoms with Gasteiger partial charge in [-0.15, -0.1) is 0 Å². The minimum atomic E-state index is -0.297. The van der Waals surface area contributed by atoms with E-state index in [2.05, 4.69) is 34.3 Å². The van der Waals surface area contributed by atoms with Crippen molar-refractivity contribution in [2.75, 3.05) is 5.32 Å². The average Bonchev–Trinajstić information content (AvgIpc) is 3.31. The fraction of sp³-hybridized carbons (Fsp3) is 0.0769. The number of hydrogen-bond donors (Lipinski definition) is 1. The van der Waals surface area contributed by atoms with E-state index in [4.69, 9.17) is 9.97 Å². The van der Waals surface area contributed by atoms with Gasteiger partial charge < -0.3 is 5.32 Å². The van der Waals surface area contributed by atoms with Crippen LogP contribution in [0, 0.1) is 5.82 Å². The molecule has 3 aromatic heterocycles. The first-order valence-electron chi connectivity index (χ1n) is 10.6. The maximum absolute atomic E-state index is 13.5. The summed E-state index contributed by atoms with van der Waals surface area (Å²) in [5.41, 5.74) is 3.61. The standard InChI is InChI=1S/C26H21FN6/c1-18(19-5-3-2-4-6-19)30-26-29-16-13-24(32-26)33-17-23(20-11-14-28-15-12-20)31-25(33)21-7-9-22(27)10-8-21/h2-18H,1H3,(H,29,30,32)/t18-/m0/s1. The lowest BCUT2D eigenvalue weighted by molar-refractivity contribution is 0.628. The van der Waals surface area contributed by atoms with Crippen LogP contribution in [0.25, 0.3) is 28.5 Å². The van der Waals surface area contributed by atoms with Gasteiger partial charge in [0.25, 0.3) is 0 Å². The van der Waals surface area contributed by atoms with E-state index in [0.717, 1.165) is 22.4 Å². The van der Waals surface area contributed by atoms with Crippen LogP contribution >= 0.6 is 0 Å². The number of hydrogen-bond acceptors (Lipinski definition) is 5. The number of rotatable bonds is 6. The first-order valence-corrected chi connectivity index (χ1v) is 10.6. The van der Waals surface area contributed by atoms with Crippen molar-refractivity contribution in [2.45, 2.75) is 13.0 Å². The van der Waals surface area contributed by atoms with E-state index < -0.39 is 0 Å². The lowest BCUT2D eigenvalue weighted by atomic mass is 10.1. The fourth-order valence-corrected chi connectivity index (χ4v) is 3.59. The Labute approximate surface area is 190 Å². The molecule has 3 heterocycles. The topological polar surface area (TPSA) is 68.5 Å². The van der Waals surface area contributed by atoms with Crippen LogP contribution in [-0.2, 0) is 0 Å². The van der Waals surface area contributed by atoms with Gasteiger partial charge in [0.15, 0.2) is 0 Å². The highest BCUT2D eigenvalue weighted by Crippen LogP contribution is 2.28. The molecule has 6 nitrogen and oxygen atoms in total. The smallest absolute Gasteiger partial charge is 0.225 e. The van der Waals surface area contributed by atoms with E-state index in [1.807, 2.05) is 47.2 Å². The summed E-state index contributed by atoms with van der Waals surface area (Å²) in [7, 11) is 0. The fourth-order valence-electron chi connectivity index (χ4n) is 3.59. The molecule has 162 valence electrons. The summed E-state index contributed by atoms with van der Waals surface area (Å²) in [5.74, 6) is 1.52. The molecule has 5 aromatic rings. The summed E-state index contributed by atoms with van der Waals surface area (Å²) >= 11 is 0. The third kappa shape index (κ3) is 4.48. The van der Waals surface area contributed by atoms with Crippen LogP contribution in [0.3, 0.4) is 0 Å². The summed E-state index contributed by atoms with van der Waals surface area (Å²) in [6.45, 7) is 2.06. The van der Waals surface area contributed by atoms with Crippen molar-refractivity contribution >= 4 is 5.95 Å². The molecule has 0 saturated carbocycles. The number of benzene rings is 2. The van der Waals surface area contributed by atoms with E-state index in [0.29, 0.717) is 17.6 Å². The molecule has 33 heavy (non-hydrogen) atoms.